The van der Waals surface area contributed by atoms with Crippen LogP contribution in [0.4, 0.5) is 20.2 Å². The lowest BCUT2D eigenvalue weighted by molar-refractivity contribution is -0.135. The van der Waals surface area contributed by atoms with Crippen molar-refractivity contribution in [3.63, 3.8) is 0 Å². The van der Waals surface area contributed by atoms with E-state index in [2.05, 4.69) is 5.32 Å². The summed E-state index contributed by atoms with van der Waals surface area (Å²) < 4.78 is 27.9. The summed E-state index contributed by atoms with van der Waals surface area (Å²) in [6, 6.07) is 7.34. The Morgan fingerprint density at radius 2 is 1.87 bits per heavy atom. The second-order valence-electron chi connectivity index (χ2n) is 8.43. The van der Waals surface area contributed by atoms with Gasteiger partial charge < -0.3 is 5.32 Å². The van der Waals surface area contributed by atoms with E-state index in [1.54, 1.807) is 0 Å². The van der Waals surface area contributed by atoms with Crippen LogP contribution in [-0.2, 0) is 19.9 Å². The monoisotopic (exact) mass is 443 g/mol. The average Bonchev–Trinajstić information content (AvgIpc) is 3.43. The second kappa shape index (κ2) is 6.11. The molecule has 1 N–H and O–H groups in total. The van der Waals surface area contributed by atoms with Gasteiger partial charge in [-0.1, -0.05) is 11.6 Å². The first-order valence-electron chi connectivity index (χ1n) is 10.1. The number of benzene rings is 2. The number of rotatable bonds is 1. The molecule has 0 aromatic heterocycles. The largest absolute Gasteiger partial charge is 0.324 e. The Morgan fingerprint density at radius 1 is 1.06 bits per heavy atom. The van der Waals surface area contributed by atoms with E-state index in [4.69, 9.17) is 11.6 Å². The van der Waals surface area contributed by atoms with Gasteiger partial charge in [0.05, 0.1) is 22.5 Å². The highest BCUT2D eigenvalue weighted by molar-refractivity contribution is 6.32. The average molecular weight is 444 g/mol. The third-order valence-corrected chi connectivity index (χ3v) is 7.41. The van der Waals surface area contributed by atoms with Crippen LogP contribution >= 0.6 is 11.6 Å². The molecule has 0 unspecified atom stereocenters. The van der Waals surface area contributed by atoms with Crippen molar-refractivity contribution in [1.29, 1.82) is 0 Å². The van der Waals surface area contributed by atoms with Gasteiger partial charge in [0, 0.05) is 17.3 Å². The number of anilines is 2. The van der Waals surface area contributed by atoms with Gasteiger partial charge in [-0.05, 0) is 55.8 Å². The van der Waals surface area contributed by atoms with Crippen LogP contribution in [-0.4, -0.2) is 35.2 Å². The highest BCUT2D eigenvalue weighted by Crippen LogP contribution is 2.60. The molecule has 31 heavy (non-hydrogen) atoms. The molecule has 0 bridgehead atoms. The highest BCUT2D eigenvalue weighted by atomic mass is 35.5. The maximum absolute atomic E-state index is 14.2. The summed E-state index contributed by atoms with van der Waals surface area (Å²) in [4.78, 5) is 43.5. The van der Waals surface area contributed by atoms with E-state index in [0.29, 0.717) is 24.2 Å². The molecule has 158 valence electrons. The highest BCUT2D eigenvalue weighted by Gasteiger charge is 2.74. The third-order valence-electron chi connectivity index (χ3n) is 7.12. The Morgan fingerprint density at radius 3 is 2.65 bits per heavy atom. The molecule has 0 aliphatic carbocycles. The van der Waals surface area contributed by atoms with Crippen LogP contribution in [0.3, 0.4) is 0 Å². The predicted molar refractivity (Wildman–Crippen MR) is 107 cm³/mol. The number of nitrogens with one attached hydrogen (secondary N) is 1. The Hall–Kier alpha value is -2.84. The number of hydrogen-bond acceptors (Lipinski definition) is 4. The summed E-state index contributed by atoms with van der Waals surface area (Å²) in [7, 11) is 0. The Kier molecular flexibility index (Phi) is 3.72. The normalized spacial score (nSPS) is 31.4. The molecular weight excluding hydrogens is 428 g/mol. The van der Waals surface area contributed by atoms with Crippen molar-refractivity contribution in [3.8, 4) is 0 Å². The van der Waals surface area contributed by atoms with Gasteiger partial charge in [-0.25, -0.2) is 13.7 Å². The van der Waals surface area contributed by atoms with Crippen LogP contribution in [0.5, 0.6) is 0 Å². The van der Waals surface area contributed by atoms with Crippen molar-refractivity contribution in [2.45, 2.75) is 24.4 Å². The molecule has 3 amide bonds. The summed E-state index contributed by atoms with van der Waals surface area (Å²) in [6.07, 6.45) is 1.41. The first kappa shape index (κ1) is 18.9. The van der Waals surface area contributed by atoms with Gasteiger partial charge >= 0.3 is 0 Å². The lowest BCUT2D eigenvalue weighted by Crippen LogP contribution is -2.54. The number of fused-ring (bicyclic) bond motifs is 7. The molecule has 2 aromatic rings. The smallest absolute Gasteiger partial charge is 0.250 e. The molecule has 3 fully saturated rings. The minimum Gasteiger partial charge on any atom is -0.324 e. The van der Waals surface area contributed by atoms with Crippen molar-refractivity contribution in [3.05, 3.63) is 58.6 Å². The minimum atomic E-state index is -1.45. The number of carbonyl (C=O) groups excluding carboxylic acids is 3. The van der Waals surface area contributed by atoms with Gasteiger partial charge in [-0.2, -0.15) is 0 Å². The van der Waals surface area contributed by atoms with Crippen LogP contribution in [0.25, 0.3) is 0 Å². The molecule has 4 aliphatic heterocycles. The molecule has 1 spiro atoms. The molecule has 0 saturated carbocycles. The van der Waals surface area contributed by atoms with E-state index >= 15 is 0 Å². The van der Waals surface area contributed by atoms with E-state index in [1.165, 1.54) is 30.3 Å². The van der Waals surface area contributed by atoms with Crippen LogP contribution in [0.15, 0.2) is 36.4 Å². The summed E-state index contributed by atoms with van der Waals surface area (Å²) in [6.45, 7) is 0.532. The van der Waals surface area contributed by atoms with E-state index in [0.717, 1.165) is 17.4 Å². The topological polar surface area (TPSA) is 69.7 Å². The molecule has 3 saturated heterocycles. The molecule has 2 aromatic carbocycles. The van der Waals surface area contributed by atoms with Crippen molar-refractivity contribution in [1.82, 2.24) is 4.90 Å². The molecule has 9 heteroatoms. The second-order valence-corrected chi connectivity index (χ2v) is 8.83. The molecule has 6 nitrogen and oxygen atoms in total. The standard InChI is InChI=1S/C22H16ClF2N3O3/c23-13-9-11(4-5-14(13)25)28-19(29)17-16-2-1-7-27(16)22(18(17)20(28)30)12-8-10(24)3-6-15(12)26-21(22)31/h3-6,8-9,16-18H,1-2,7H2,(H,26,31)/t16-,17-,18-,22+/m0/s1. The SMILES string of the molecule is O=C1[C@@H]2[C@@H](C(=O)N1c1ccc(F)c(Cl)c1)[C@]1(C(=O)Nc3ccc(F)cc31)N1CCC[C@@H]21. The molecule has 0 radical (unpaired) electrons. The zero-order valence-electron chi connectivity index (χ0n) is 16.1. The first-order chi connectivity index (χ1) is 14.9. The summed E-state index contributed by atoms with van der Waals surface area (Å²) in [5.41, 5.74) is -0.458. The number of amides is 3. The van der Waals surface area contributed by atoms with Gasteiger partial charge in [0.2, 0.25) is 17.7 Å². The summed E-state index contributed by atoms with van der Waals surface area (Å²) in [5, 5.41) is 2.58. The molecule has 6 rings (SSSR count). The van der Waals surface area contributed by atoms with Crippen molar-refractivity contribution >= 4 is 40.7 Å². The number of halogens is 3. The predicted octanol–water partition coefficient (Wildman–Crippen LogP) is 3.05. The quantitative estimate of drug-likeness (QED) is 0.688. The van der Waals surface area contributed by atoms with Gasteiger partial charge in [0.1, 0.15) is 17.2 Å². The minimum absolute atomic E-state index is 0.161. The maximum Gasteiger partial charge on any atom is 0.250 e. The molecule has 4 atom stereocenters. The number of carbonyl (C=O) groups is 3. The van der Waals surface area contributed by atoms with Gasteiger partial charge in [-0.3, -0.25) is 19.3 Å². The third kappa shape index (κ3) is 2.16. The van der Waals surface area contributed by atoms with Crippen molar-refractivity contribution in [2.75, 3.05) is 16.8 Å². The number of nitrogens with zero attached hydrogens (tertiary/aromatic N) is 2. The fourth-order valence-corrected chi connectivity index (χ4v) is 6.23. The van der Waals surface area contributed by atoms with Gasteiger partial charge in [0.15, 0.2) is 0 Å². The first-order valence-corrected chi connectivity index (χ1v) is 10.4. The number of hydrogen-bond donors (Lipinski definition) is 1. The van der Waals surface area contributed by atoms with Crippen LogP contribution in [0.1, 0.15) is 18.4 Å². The van der Waals surface area contributed by atoms with Crippen LogP contribution in [0, 0.1) is 23.5 Å². The van der Waals surface area contributed by atoms with E-state index < -0.39 is 46.7 Å². The fourth-order valence-electron chi connectivity index (χ4n) is 6.05. The van der Waals surface area contributed by atoms with Crippen LogP contribution in [0.2, 0.25) is 5.02 Å². The lowest BCUT2D eigenvalue weighted by atomic mass is 9.75. The maximum atomic E-state index is 14.2. The molecule has 4 heterocycles. The summed E-state index contributed by atoms with van der Waals surface area (Å²) in [5.74, 6) is -4.36. The van der Waals surface area contributed by atoms with Gasteiger partial charge in [-0.15, -0.1) is 0 Å². The Bertz CT molecular complexity index is 1200. The zero-order valence-corrected chi connectivity index (χ0v) is 16.8. The van der Waals surface area contributed by atoms with Crippen molar-refractivity contribution in [2.24, 2.45) is 11.8 Å². The Labute approximate surface area is 180 Å². The van der Waals surface area contributed by atoms with Crippen LogP contribution < -0.4 is 10.2 Å². The van der Waals surface area contributed by atoms with E-state index in [1.807, 2.05) is 4.90 Å². The number of imide groups is 1. The molecule has 4 aliphatic rings. The lowest BCUT2D eigenvalue weighted by Gasteiger charge is -2.36. The van der Waals surface area contributed by atoms with Crippen molar-refractivity contribution < 1.29 is 23.2 Å². The summed E-state index contributed by atoms with van der Waals surface area (Å²) >= 11 is 5.89. The van der Waals surface area contributed by atoms with E-state index in [-0.39, 0.29) is 16.8 Å². The molecular formula is C22H16ClF2N3O3. The zero-order chi connectivity index (χ0) is 21.7. The van der Waals surface area contributed by atoms with Gasteiger partial charge in [0.25, 0.3) is 0 Å². The van der Waals surface area contributed by atoms with E-state index in [9.17, 15) is 23.2 Å². The fraction of sp³-hybridized carbons (Fsp3) is 0.318. The Balaban J connectivity index is 1.56.